The molecule has 3 rings (SSSR count). The summed E-state index contributed by atoms with van der Waals surface area (Å²) in [5.41, 5.74) is 1.71. The summed E-state index contributed by atoms with van der Waals surface area (Å²) in [5.74, 6) is -0.148. The Morgan fingerprint density at radius 1 is 1.26 bits per heavy atom. The second-order valence-corrected chi connectivity index (χ2v) is 7.88. The summed E-state index contributed by atoms with van der Waals surface area (Å²) in [6, 6.07) is 14.9. The van der Waals surface area contributed by atoms with Gasteiger partial charge in [-0.05, 0) is 36.2 Å². The molecule has 1 aliphatic heterocycles. The summed E-state index contributed by atoms with van der Waals surface area (Å²) in [5, 5.41) is 3.48. The molecule has 1 fully saturated rings. The number of nitrogens with one attached hydrogen (secondary N) is 1. The Morgan fingerprint density at radius 2 is 2.00 bits per heavy atom. The van der Waals surface area contributed by atoms with Crippen molar-refractivity contribution in [2.45, 2.75) is 13.0 Å². The topological polar surface area (TPSA) is 52.7 Å². The Kier molecular flexibility index (Phi) is 6.39. The van der Waals surface area contributed by atoms with Gasteiger partial charge in [0.2, 0.25) is 5.91 Å². The molecular weight excluding hydrogens is 430 g/mol. The lowest BCUT2D eigenvalue weighted by molar-refractivity contribution is -0.121. The number of likely N-dealkylation sites (tertiary alicyclic amines) is 1. The van der Waals surface area contributed by atoms with E-state index in [4.69, 9.17) is 11.6 Å². The van der Waals surface area contributed by atoms with Crippen LogP contribution >= 0.6 is 27.5 Å². The fraction of sp³-hybridized carbons (Fsp3) is 0.300. The summed E-state index contributed by atoms with van der Waals surface area (Å²) in [6.07, 6.45) is 0.669. The zero-order valence-electron chi connectivity index (χ0n) is 15.0. The van der Waals surface area contributed by atoms with Crippen LogP contribution in [0.5, 0.6) is 0 Å². The molecule has 1 unspecified atom stereocenters. The van der Waals surface area contributed by atoms with Crippen molar-refractivity contribution in [1.29, 1.82) is 0 Å². The van der Waals surface area contributed by atoms with Crippen LogP contribution in [0.4, 0.5) is 10.5 Å². The van der Waals surface area contributed by atoms with Gasteiger partial charge in [-0.25, -0.2) is 4.79 Å². The Bertz CT molecular complexity index is 831. The molecule has 1 heterocycles. The number of anilines is 1. The van der Waals surface area contributed by atoms with Gasteiger partial charge in [-0.2, -0.15) is 0 Å². The van der Waals surface area contributed by atoms with E-state index < -0.39 is 0 Å². The predicted molar refractivity (Wildman–Crippen MR) is 111 cm³/mol. The molecular formula is C20H21BrClN3O2. The van der Waals surface area contributed by atoms with Crippen molar-refractivity contribution in [3.8, 4) is 0 Å². The van der Waals surface area contributed by atoms with E-state index in [9.17, 15) is 9.59 Å². The molecule has 7 heteroatoms. The molecule has 5 nitrogen and oxygen atoms in total. The van der Waals surface area contributed by atoms with Gasteiger partial charge in [0.05, 0.1) is 5.92 Å². The molecule has 2 aromatic rings. The van der Waals surface area contributed by atoms with Gasteiger partial charge >= 0.3 is 6.03 Å². The average molecular weight is 451 g/mol. The van der Waals surface area contributed by atoms with Gasteiger partial charge in [-0.3, -0.25) is 4.79 Å². The summed E-state index contributed by atoms with van der Waals surface area (Å²) < 4.78 is 0.894. The Morgan fingerprint density at radius 3 is 2.70 bits per heavy atom. The first-order chi connectivity index (χ1) is 13.0. The van der Waals surface area contributed by atoms with Crippen LogP contribution in [0, 0.1) is 5.92 Å². The Balaban J connectivity index is 1.54. The zero-order chi connectivity index (χ0) is 19.4. The lowest BCUT2D eigenvalue weighted by Gasteiger charge is -2.22. The number of carbonyl (C=O) groups excluding carboxylic acids is 2. The minimum absolute atomic E-state index is 0.0347. The van der Waals surface area contributed by atoms with Gasteiger partial charge in [0.25, 0.3) is 0 Å². The Hall–Kier alpha value is -2.05. The number of benzene rings is 2. The minimum Gasteiger partial charge on any atom is -0.334 e. The maximum absolute atomic E-state index is 12.7. The van der Waals surface area contributed by atoms with Gasteiger partial charge in [0.1, 0.15) is 0 Å². The van der Waals surface area contributed by atoms with Gasteiger partial charge in [-0.1, -0.05) is 51.8 Å². The van der Waals surface area contributed by atoms with Crippen molar-refractivity contribution in [3.05, 3.63) is 63.6 Å². The molecule has 0 radical (unpaired) electrons. The first-order valence-corrected chi connectivity index (χ1v) is 9.92. The van der Waals surface area contributed by atoms with E-state index >= 15 is 0 Å². The number of urea groups is 1. The first kappa shape index (κ1) is 19.7. The van der Waals surface area contributed by atoms with Crippen LogP contribution in [-0.2, 0) is 11.3 Å². The van der Waals surface area contributed by atoms with Crippen molar-refractivity contribution in [2.24, 2.45) is 5.92 Å². The molecule has 1 saturated heterocycles. The number of rotatable bonds is 4. The average Bonchev–Trinajstić information content (AvgIpc) is 3.17. The maximum atomic E-state index is 12.7. The van der Waals surface area contributed by atoms with Gasteiger partial charge in [-0.15, -0.1) is 0 Å². The fourth-order valence-electron chi connectivity index (χ4n) is 3.15. The van der Waals surface area contributed by atoms with Crippen molar-refractivity contribution in [1.82, 2.24) is 10.2 Å². The van der Waals surface area contributed by atoms with E-state index in [0.29, 0.717) is 31.1 Å². The molecule has 142 valence electrons. The number of hydrogen-bond acceptors (Lipinski definition) is 2. The third kappa shape index (κ3) is 4.82. The molecule has 0 bridgehead atoms. The van der Waals surface area contributed by atoms with Crippen LogP contribution in [0.1, 0.15) is 12.0 Å². The summed E-state index contributed by atoms with van der Waals surface area (Å²) in [4.78, 5) is 28.5. The third-order valence-electron chi connectivity index (χ3n) is 4.74. The van der Waals surface area contributed by atoms with Crippen LogP contribution < -0.4 is 10.2 Å². The second kappa shape index (κ2) is 8.76. The first-order valence-electron chi connectivity index (χ1n) is 8.75. The molecule has 3 amide bonds. The molecule has 27 heavy (non-hydrogen) atoms. The van der Waals surface area contributed by atoms with E-state index in [0.717, 1.165) is 15.7 Å². The molecule has 1 N–H and O–H groups in total. The van der Waals surface area contributed by atoms with Crippen molar-refractivity contribution in [3.63, 3.8) is 0 Å². The van der Waals surface area contributed by atoms with Crippen LogP contribution in [0.2, 0.25) is 5.02 Å². The summed E-state index contributed by atoms with van der Waals surface area (Å²) in [6.45, 7) is 1.35. The number of para-hydroxylation sites is 1. The van der Waals surface area contributed by atoms with Crippen LogP contribution in [0.3, 0.4) is 0 Å². The molecule has 0 aromatic heterocycles. The SMILES string of the molecule is CN(C(=O)C1CCN(C(=O)NCc2ccc(Br)cc2Cl)C1)c1ccccc1. The second-order valence-electron chi connectivity index (χ2n) is 6.56. The summed E-state index contributed by atoms with van der Waals surface area (Å²) in [7, 11) is 1.77. The minimum atomic E-state index is -0.183. The third-order valence-corrected chi connectivity index (χ3v) is 5.59. The lowest BCUT2D eigenvalue weighted by atomic mass is 10.1. The van der Waals surface area contributed by atoms with Gasteiger partial charge in [0, 0.05) is 41.9 Å². The number of hydrogen-bond donors (Lipinski definition) is 1. The van der Waals surface area contributed by atoms with Gasteiger partial charge in [0.15, 0.2) is 0 Å². The number of halogens is 2. The zero-order valence-corrected chi connectivity index (χ0v) is 17.3. The highest BCUT2D eigenvalue weighted by atomic mass is 79.9. The molecule has 1 aliphatic rings. The Labute approximate surface area is 172 Å². The maximum Gasteiger partial charge on any atom is 0.317 e. The van der Waals surface area contributed by atoms with E-state index in [-0.39, 0.29) is 17.9 Å². The smallest absolute Gasteiger partial charge is 0.317 e. The van der Waals surface area contributed by atoms with Crippen LogP contribution in [0.25, 0.3) is 0 Å². The highest BCUT2D eigenvalue weighted by molar-refractivity contribution is 9.10. The molecule has 0 aliphatic carbocycles. The number of carbonyl (C=O) groups is 2. The molecule has 0 saturated carbocycles. The van der Waals surface area contributed by atoms with Crippen molar-refractivity contribution >= 4 is 45.2 Å². The highest BCUT2D eigenvalue weighted by Gasteiger charge is 2.33. The molecule has 1 atom stereocenters. The van der Waals surface area contributed by atoms with Gasteiger partial charge < -0.3 is 15.1 Å². The van der Waals surface area contributed by atoms with Crippen LogP contribution in [-0.4, -0.2) is 37.0 Å². The summed E-state index contributed by atoms with van der Waals surface area (Å²) >= 11 is 9.55. The monoisotopic (exact) mass is 449 g/mol. The number of nitrogens with zero attached hydrogens (tertiary/aromatic N) is 2. The van der Waals surface area contributed by atoms with Crippen LogP contribution in [0.15, 0.2) is 53.0 Å². The van der Waals surface area contributed by atoms with E-state index in [1.165, 1.54) is 0 Å². The molecule has 0 spiro atoms. The molecule has 2 aromatic carbocycles. The highest BCUT2D eigenvalue weighted by Crippen LogP contribution is 2.23. The van der Waals surface area contributed by atoms with E-state index in [1.54, 1.807) is 22.9 Å². The van der Waals surface area contributed by atoms with Crippen molar-refractivity contribution < 1.29 is 9.59 Å². The van der Waals surface area contributed by atoms with E-state index in [2.05, 4.69) is 21.2 Å². The number of amides is 3. The lowest BCUT2D eigenvalue weighted by Crippen LogP contribution is -2.40. The normalized spacial score (nSPS) is 16.3. The van der Waals surface area contributed by atoms with E-state index in [1.807, 2.05) is 42.5 Å². The fourth-order valence-corrected chi connectivity index (χ4v) is 3.89. The largest absolute Gasteiger partial charge is 0.334 e. The van der Waals surface area contributed by atoms with Crippen molar-refractivity contribution in [2.75, 3.05) is 25.0 Å². The standard InChI is InChI=1S/C20H21BrClN3O2/c1-24(17-5-3-2-4-6-17)19(26)15-9-10-25(13-15)20(27)23-12-14-7-8-16(21)11-18(14)22/h2-8,11,15H,9-10,12-13H2,1H3,(H,23,27). The predicted octanol–water partition coefficient (Wildman–Crippen LogP) is 4.30. The quantitative estimate of drug-likeness (QED) is 0.755.